The van der Waals surface area contributed by atoms with Gasteiger partial charge in [-0.15, -0.1) is 31.7 Å². The molecule has 3 aromatic heterocycles. The van der Waals surface area contributed by atoms with Gasteiger partial charge in [0.15, 0.2) is 0 Å². The fourth-order valence-electron chi connectivity index (χ4n) is 2.07. The quantitative estimate of drug-likeness (QED) is 0.424. The molecule has 9 heteroatoms. The van der Waals surface area contributed by atoms with Crippen LogP contribution in [0, 0.1) is 0 Å². The molecule has 126 valence electrons. The Morgan fingerprint density at radius 3 is 2.56 bits per heavy atom. The fourth-order valence-corrected chi connectivity index (χ4v) is 3.55. The van der Waals surface area contributed by atoms with E-state index in [1.807, 2.05) is 36.6 Å². The van der Waals surface area contributed by atoms with E-state index < -0.39 is 0 Å². The van der Waals surface area contributed by atoms with Crippen LogP contribution in [0.4, 0.5) is 0 Å². The second-order valence-electron chi connectivity index (χ2n) is 5.06. The van der Waals surface area contributed by atoms with Gasteiger partial charge in [-0.2, -0.15) is 0 Å². The third kappa shape index (κ3) is 3.60. The fraction of sp³-hybridized carbons (Fsp3) is 0.125. The highest BCUT2D eigenvalue weighted by Crippen LogP contribution is 2.36. The lowest BCUT2D eigenvalue weighted by molar-refractivity contribution is 0.461. The lowest BCUT2D eigenvalue weighted by Crippen LogP contribution is -1.88. The molecule has 0 saturated carbocycles. The SMILES string of the molecule is C[C@@H](Sc1nnc(-c2ccc(Cl)cc2)o1)c1nnc(-c2cccs2)o1. The van der Waals surface area contributed by atoms with Crippen molar-refractivity contribution in [1.82, 2.24) is 20.4 Å². The number of benzene rings is 1. The lowest BCUT2D eigenvalue weighted by Gasteiger charge is -2.01. The molecule has 1 aromatic carbocycles. The number of thiophene rings is 1. The molecule has 0 radical (unpaired) electrons. The minimum Gasteiger partial charge on any atom is -0.419 e. The summed E-state index contributed by atoms with van der Waals surface area (Å²) in [5.74, 6) is 1.47. The summed E-state index contributed by atoms with van der Waals surface area (Å²) in [4.78, 5) is 0.943. The van der Waals surface area contributed by atoms with Crippen LogP contribution in [0.1, 0.15) is 18.1 Å². The van der Waals surface area contributed by atoms with Gasteiger partial charge in [-0.25, -0.2) is 0 Å². The molecule has 0 bridgehead atoms. The van der Waals surface area contributed by atoms with Crippen molar-refractivity contribution in [3.63, 3.8) is 0 Å². The van der Waals surface area contributed by atoms with Crippen LogP contribution in [0.2, 0.25) is 5.02 Å². The van der Waals surface area contributed by atoms with Crippen molar-refractivity contribution in [2.45, 2.75) is 17.4 Å². The topological polar surface area (TPSA) is 77.8 Å². The molecule has 0 amide bonds. The van der Waals surface area contributed by atoms with Crippen molar-refractivity contribution in [1.29, 1.82) is 0 Å². The largest absolute Gasteiger partial charge is 0.419 e. The molecule has 0 aliphatic rings. The van der Waals surface area contributed by atoms with E-state index in [9.17, 15) is 0 Å². The van der Waals surface area contributed by atoms with E-state index in [0.29, 0.717) is 27.9 Å². The van der Waals surface area contributed by atoms with Crippen LogP contribution in [0.5, 0.6) is 0 Å². The molecule has 6 nitrogen and oxygen atoms in total. The maximum absolute atomic E-state index is 5.89. The standard InChI is InChI=1S/C16H11ClN4O2S2/c1-9(13-18-20-15(22-13)12-3-2-8-24-12)25-16-21-19-14(23-16)10-4-6-11(17)7-5-10/h2-9H,1H3/t9-/m1/s1. The maximum Gasteiger partial charge on any atom is 0.277 e. The summed E-state index contributed by atoms with van der Waals surface area (Å²) in [5.41, 5.74) is 0.814. The van der Waals surface area contributed by atoms with Crippen molar-refractivity contribution in [3.05, 3.63) is 52.7 Å². The number of thioether (sulfide) groups is 1. The molecular formula is C16H11ClN4O2S2. The van der Waals surface area contributed by atoms with Crippen LogP contribution >= 0.6 is 34.7 Å². The number of rotatable bonds is 5. The molecule has 1 atom stereocenters. The highest BCUT2D eigenvalue weighted by Gasteiger charge is 2.20. The number of hydrogen-bond acceptors (Lipinski definition) is 8. The minimum absolute atomic E-state index is 0.111. The van der Waals surface area contributed by atoms with Crippen molar-refractivity contribution < 1.29 is 8.83 Å². The molecule has 4 rings (SSSR count). The lowest BCUT2D eigenvalue weighted by atomic mass is 10.2. The van der Waals surface area contributed by atoms with Crippen LogP contribution in [0.25, 0.3) is 22.2 Å². The Labute approximate surface area is 156 Å². The highest BCUT2D eigenvalue weighted by atomic mass is 35.5. The van der Waals surface area contributed by atoms with E-state index in [-0.39, 0.29) is 5.25 Å². The summed E-state index contributed by atoms with van der Waals surface area (Å²) in [6.07, 6.45) is 0. The van der Waals surface area contributed by atoms with Gasteiger partial charge in [-0.3, -0.25) is 0 Å². The van der Waals surface area contributed by atoms with E-state index in [1.54, 1.807) is 23.5 Å². The van der Waals surface area contributed by atoms with Crippen molar-refractivity contribution in [2.24, 2.45) is 0 Å². The van der Waals surface area contributed by atoms with Crippen LogP contribution in [-0.2, 0) is 0 Å². The van der Waals surface area contributed by atoms with Crippen LogP contribution in [0.15, 0.2) is 55.8 Å². The summed E-state index contributed by atoms with van der Waals surface area (Å²) in [5, 5.41) is 19.3. The number of halogens is 1. The Morgan fingerprint density at radius 2 is 1.80 bits per heavy atom. The summed E-state index contributed by atoms with van der Waals surface area (Å²) >= 11 is 8.81. The molecule has 0 spiro atoms. The summed E-state index contributed by atoms with van der Waals surface area (Å²) < 4.78 is 11.4. The average molecular weight is 391 g/mol. The van der Waals surface area contributed by atoms with Gasteiger partial charge < -0.3 is 8.83 Å². The Morgan fingerprint density at radius 1 is 1.00 bits per heavy atom. The average Bonchev–Trinajstić information content (AvgIpc) is 3.36. The number of aromatic nitrogens is 4. The maximum atomic E-state index is 5.89. The Bertz CT molecular complexity index is 966. The van der Waals surface area contributed by atoms with Crippen molar-refractivity contribution in [3.8, 4) is 22.2 Å². The number of hydrogen-bond donors (Lipinski definition) is 0. The van der Waals surface area contributed by atoms with Crippen LogP contribution in [-0.4, -0.2) is 20.4 Å². The van der Waals surface area contributed by atoms with Gasteiger partial charge in [0.1, 0.15) is 0 Å². The van der Waals surface area contributed by atoms with Gasteiger partial charge in [0.05, 0.1) is 10.1 Å². The molecule has 0 aliphatic carbocycles. The number of nitrogens with zero attached hydrogens (tertiary/aromatic N) is 4. The predicted molar refractivity (Wildman–Crippen MR) is 96.6 cm³/mol. The second kappa shape index (κ2) is 6.99. The Balaban J connectivity index is 1.48. The molecule has 0 fully saturated rings. The van der Waals surface area contributed by atoms with Gasteiger partial charge in [0.25, 0.3) is 11.1 Å². The minimum atomic E-state index is -0.111. The first kappa shape index (κ1) is 16.3. The zero-order chi connectivity index (χ0) is 17.2. The van der Waals surface area contributed by atoms with Crippen LogP contribution in [0.3, 0.4) is 0 Å². The zero-order valence-corrected chi connectivity index (χ0v) is 15.3. The first-order valence-corrected chi connectivity index (χ1v) is 9.46. The smallest absolute Gasteiger partial charge is 0.277 e. The van der Waals surface area contributed by atoms with E-state index in [1.165, 1.54) is 11.8 Å². The van der Waals surface area contributed by atoms with Crippen molar-refractivity contribution in [2.75, 3.05) is 0 Å². The molecule has 0 aliphatic heterocycles. The molecular weight excluding hydrogens is 380 g/mol. The monoisotopic (exact) mass is 390 g/mol. The summed E-state index contributed by atoms with van der Waals surface area (Å²) in [6.45, 7) is 1.95. The highest BCUT2D eigenvalue weighted by molar-refractivity contribution is 7.99. The van der Waals surface area contributed by atoms with Gasteiger partial charge in [0, 0.05) is 10.6 Å². The molecule has 0 N–H and O–H groups in total. The summed E-state index contributed by atoms with van der Waals surface area (Å²) in [7, 11) is 0. The Kier molecular flexibility index (Phi) is 4.56. The molecule has 3 heterocycles. The predicted octanol–water partition coefficient (Wildman–Crippen LogP) is 5.35. The third-order valence-corrected chi connectivity index (χ3v) is 5.33. The van der Waals surface area contributed by atoms with E-state index in [4.69, 9.17) is 20.4 Å². The molecule has 0 saturated heterocycles. The van der Waals surface area contributed by atoms with Crippen LogP contribution < -0.4 is 0 Å². The second-order valence-corrected chi connectivity index (χ2v) is 7.74. The molecule has 0 unspecified atom stereocenters. The van der Waals surface area contributed by atoms with Gasteiger partial charge in [0.2, 0.25) is 11.8 Å². The van der Waals surface area contributed by atoms with E-state index >= 15 is 0 Å². The zero-order valence-electron chi connectivity index (χ0n) is 12.9. The third-order valence-electron chi connectivity index (χ3n) is 3.30. The molecule has 4 aromatic rings. The summed E-state index contributed by atoms with van der Waals surface area (Å²) in [6, 6.07) is 11.1. The Hall–Kier alpha value is -2.16. The molecule has 25 heavy (non-hydrogen) atoms. The van der Waals surface area contributed by atoms with Gasteiger partial charge in [-0.05, 0) is 42.6 Å². The first-order valence-electron chi connectivity index (χ1n) is 7.32. The van der Waals surface area contributed by atoms with E-state index in [0.717, 1.165) is 10.4 Å². The van der Waals surface area contributed by atoms with Gasteiger partial charge >= 0.3 is 0 Å². The van der Waals surface area contributed by atoms with Gasteiger partial charge in [-0.1, -0.05) is 29.4 Å². The normalized spacial score (nSPS) is 12.4. The first-order chi connectivity index (χ1) is 12.2. The van der Waals surface area contributed by atoms with E-state index in [2.05, 4.69) is 20.4 Å². The van der Waals surface area contributed by atoms with Crippen molar-refractivity contribution >= 4 is 34.7 Å².